The Morgan fingerprint density at radius 1 is 1.13 bits per heavy atom. The minimum Gasteiger partial charge on any atom is -0.497 e. The molecule has 5 nitrogen and oxygen atoms in total. The van der Waals surface area contributed by atoms with Crippen LogP contribution in [0.1, 0.15) is 23.0 Å². The number of hydrogen-bond donors (Lipinski definition) is 0. The highest BCUT2D eigenvalue weighted by Gasteiger charge is 2.24. The largest absolute Gasteiger partial charge is 0.497 e. The maximum Gasteiger partial charge on any atom is 0.261 e. The molecule has 0 saturated heterocycles. The summed E-state index contributed by atoms with van der Waals surface area (Å²) in [5.74, 6) is 1.58. The van der Waals surface area contributed by atoms with Crippen LogP contribution < -0.4 is 9.64 Å². The van der Waals surface area contributed by atoms with E-state index in [-0.39, 0.29) is 5.91 Å². The summed E-state index contributed by atoms with van der Waals surface area (Å²) in [5, 5.41) is 0.644. The van der Waals surface area contributed by atoms with E-state index in [9.17, 15) is 4.79 Å². The topological polar surface area (TPSA) is 55.3 Å². The third kappa shape index (κ3) is 4.32. The normalized spacial score (nSPS) is 10.9. The molecule has 4 aromatic rings. The highest BCUT2D eigenvalue weighted by atomic mass is 32.2. The number of anilines is 1. The Kier molecular flexibility index (Phi) is 6.30. The molecule has 0 aliphatic rings. The van der Waals surface area contributed by atoms with Crippen molar-refractivity contribution in [3.8, 4) is 5.75 Å². The van der Waals surface area contributed by atoms with Crippen LogP contribution in [0.15, 0.2) is 71.8 Å². The number of nitrogens with zero attached hydrogens (tertiary/aromatic N) is 3. The first-order valence-electron chi connectivity index (χ1n) is 9.57. The Morgan fingerprint density at radius 3 is 2.73 bits per heavy atom. The van der Waals surface area contributed by atoms with E-state index in [1.54, 1.807) is 30.0 Å². The summed E-state index contributed by atoms with van der Waals surface area (Å²) < 4.78 is 6.30. The van der Waals surface area contributed by atoms with E-state index in [1.165, 1.54) is 11.3 Å². The van der Waals surface area contributed by atoms with Gasteiger partial charge in [-0.15, -0.1) is 11.8 Å². The van der Waals surface area contributed by atoms with Crippen molar-refractivity contribution < 1.29 is 9.53 Å². The first kappa shape index (κ1) is 20.4. The monoisotopic (exact) mass is 435 g/mol. The smallest absolute Gasteiger partial charge is 0.261 e. The molecule has 0 atom stereocenters. The molecule has 0 bridgehead atoms. The van der Waals surface area contributed by atoms with Gasteiger partial charge in [0.1, 0.15) is 5.75 Å². The molecule has 0 spiro atoms. The fourth-order valence-corrected chi connectivity index (χ4v) is 4.87. The van der Waals surface area contributed by atoms with Crippen LogP contribution in [0.25, 0.3) is 10.2 Å². The van der Waals surface area contributed by atoms with E-state index in [0.29, 0.717) is 17.2 Å². The van der Waals surface area contributed by atoms with Crippen LogP contribution in [-0.2, 0) is 6.54 Å². The van der Waals surface area contributed by atoms with E-state index in [0.717, 1.165) is 32.3 Å². The van der Waals surface area contributed by atoms with Gasteiger partial charge < -0.3 is 4.74 Å². The molecule has 0 aliphatic carbocycles. The highest BCUT2D eigenvalue weighted by Crippen LogP contribution is 2.34. The minimum atomic E-state index is -0.0803. The molecule has 0 fully saturated rings. The second-order valence-corrected chi connectivity index (χ2v) is 8.79. The number of carbonyl (C=O) groups is 1. The van der Waals surface area contributed by atoms with Gasteiger partial charge in [0.15, 0.2) is 5.13 Å². The first-order chi connectivity index (χ1) is 14.7. The van der Waals surface area contributed by atoms with Gasteiger partial charge >= 0.3 is 0 Å². The lowest BCUT2D eigenvalue weighted by Gasteiger charge is -2.21. The molecular formula is C23H21N3O2S2. The summed E-state index contributed by atoms with van der Waals surface area (Å²) in [7, 11) is 1.64. The van der Waals surface area contributed by atoms with E-state index in [1.807, 2.05) is 60.7 Å². The summed E-state index contributed by atoms with van der Waals surface area (Å²) in [6, 6.07) is 19.2. The summed E-state index contributed by atoms with van der Waals surface area (Å²) in [4.78, 5) is 25.5. The zero-order valence-electron chi connectivity index (χ0n) is 16.7. The van der Waals surface area contributed by atoms with Gasteiger partial charge in [-0.3, -0.25) is 14.7 Å². The molecule has 2 heterocycles. The number of benzene rings is 2. The summed E-state index contributed by atoms with van der Waals surface area (Å²) in [5.41, 5.74) is 2.33. The van der Waals surface area contributed by atoms with Gasteiger partial charge in [0.25, 0.3) is 5.91 Å². The maximum atomic E-state index is 13.7. The minimum absolute atomic E-state index is 0.0803. The van der Waals surface area contributed by atoms with Gasteiger partial charge in [0.05, 0.1) is 35.1 Å². The Balaban J connectivity index is 1.78. The van der Waals surface area contributed by atoms with Crippen molar-refractivity contribution in [2.24, 2.45) is 0 Å². The molecule has 0 unspecified atom stereocenters. The third-order valence-electron chi connectivity index (χ3n) is 4.52. The van der Waals surface area contributed by atoms with Crippen molar-refractivity contribution in [3.63, 3.8) is 0 Å². The number of aromatic nitrogens is 2. The van der Waals surface area contributed by atoms with E-state index < -0.39 is 0 Å². The zero-order chi connectivity index (χ0) is 20.9. The van der Waals surface area contributed by atoms with E-state index in [4.69, 9.17) is 9.72 Å². The molecule has 0 N–H and O–H groups in total. The Labute approximate surface area is 183 Å². The van der Waals surface area contributed by atoms with Crippen LogP contribution in [0.3, 0.4) is 0 Å². The highest BCUT2D eigenvalue weighted by molar-refractivity contribution is 7.99. The molecule has 152 valence electrons. The number of carbonyl (C=O) groups excluding carboxylic acids is 1. The Bertz CT molecular complexity index is 1160. The van der Waals surface area contributed by atoms with Gasteiger partial charge in [-0.05, 0) is 48.2 Å². The van der Waals surface area contributed by atoms with Crippen LogP contribution in [0.5, 0.6) is 5.75 Å². The predicted molar refractivity (Wildman–Crippen MR) is 124 cm³/mol. The van der Waals surface area contributed by atoms with Gasteiger partial charge in [0, 0.05) is 11.1 Å². The quantitative estimate of drug-likeness (QED) is 0.351. The molecule has 1 amide bonds. The number of thioether (sulfide) groups is 1. The van der Waals surface area contributed by atoms with Crippen molar-refractivity contribution in [1.29, 1.82) is 0 Å². The second kappa shape index (κ2) is 9.28. The maximum absolute atomic E-state index is 13.7. The molecule has 7 heteroatoms. The van der Waals surface area contributed by atoms with Gasteiger partial charge in [-0.25, -0.2) is 4.98 Å². The molecular weight excluding hydrogens is 414 g/mol. The van der Waals surface area contributed by atoms with E-state index in [2.05, 4.69) is 11.9 Å². The van der Waals surface area contributed by atoms with Crippen LogP contribution in [0, 0.1) is 0 Å². The van der Waals surface area contributed by atoms with Crippen LogP contribution in [0.4, 0.5) is 5.13 Å². The van der Waals surface area contributed by atoms with Crippen LogP contribution in [-0.4, -0.2) is 28.7 Å². The second-order valence-electron chi connectivity index (χ2n) is 6.47. The molecule has 0 saturated carbocycles. The van der Waals surface area contributed by atoms with E-state index >= 15 is 0 Å². The van der Waals surface area contributed by atoms with Gasteiger partial charge in [-0.1, -0.05) is 36.5 Å². The number of amides is 1. The zero-order valence-corrected chi connectivity index (χ0v) is 18.4. The number of methoxy groups -OCH3 is 1. The molecule has 30 heavy (non-hydrogen) atoms. The third-order valence-corrected chi connectivity index (χ3v) is 6.52. The predicted octanol–water partition coefficient (Wildman–Crippen LogP) is 5.66. The van der Waals surface area contributed by atoms with Crippen molar-refractivity contribution >= 4 is 44.4 Å². The number of hydrogen-bond acceptors (Lipinski definition) is 6. The molecule has 2 aromatic carbocycles. The fraction of sp³-hybridized carbons (Fsp3) is 0.174. The lowest BCUT2D eigenvalue weighted by molar-refractivity contribution is 0.0982. The lowest BCUT2D eigenvalue weighted by Crippen LogP contribution is -2.31. The standard InChI is InChI=1S/C23H21N3O2S2/c1-3-29-20-10-5-4-9-18(20)22(27)26(15-16-8-6-7-13-24-16)23-25-19-12-11-17(28-2)14-21(19)30-23/h4-14H,3,15H2,1-2H3. The summed E-state index contributed by atoms with van der Waals surface area (Å²) in [6.45, 7) is 2.43. The van der Waals surface area contributed by atoms with Gasteiger partial charge in [-0.2, -0.15) is 0 Å². The summed E-state index contributed by atoms with van der Waals surface area (Å²) >= 11 is 3.14. The first-order valence-corrected chi connectivity index (χ1v) is 11.4. The number of rotatable bonds is 7. The number of ether oxygens (including phenoxy) is 1. The van der Waals surface area contributed by atoms with Crippen molar-refractivity contribution in [2.45, 2.75) is 18.4 Å². The lowest BCUT2D eigenvalue weighted by atomic mass is 10.2. The average Bonchev–Trinajstić information content (AvgIpc) is 3.21. The average molecular weight is 436 g/mol. The Hall–Kier alpha value is -2.90. The van der Waals surface area contributed by atoms with Crippen molar-refractivity contribution in [1.82, 2.24) is 9.97 Å². The number of pyridine rings is 1. The van der Waals surface area contributed by atoms with Crippen molar-refractivity contribution in [2.75, 3.05) is 17.8 Å². The summed E-state index contributed by atoms with van der Waals surface area (Å²) in [6.07, 6.45) is 1.74. The SMILES string of the molecule is CCSc1ccccc1C(=O)N(Cc1ccccn1)c1nc2ccc(OC)cc2s1. The molecule has 2 aromatic heterocycles. The van der Waals surface area contributed by atoms with Crippen LogP contribution in [0.2, 0.25) is 0 Å². The number of thiazole rings is 1. The fourth-order valence-electron chi connectivity index (χ4n) is 3.09. The number of fused-ring (bicyclic) bond motifs is 1. The van der Waals surface area contributed by atoms with Gasteiger partial charge in [0.2, 0.25) is 0 Å². The molecule has 4 rings (SSSR count). The molecule has 0 radical (unpaired) electrons. The van der Waals surface area contributed by atoms with Crippen LogP contribution >= 0.6 is 23.1 Å². The molecule has 0 aliphatic heterocycles. The van der Waals surface area contributed by atoms with Crippen molar-refractivity contribution in [3.05, 3.63) is 78.1 Å². The Morgan fingerprint density at radius 2 is 1.97 bits per heavy atom.